The van der Waals surface area contributed by atoms with Gasteiger partial charge in [0.2, 0.25) is 18.6 Å². The molecular formula is C15H15N3O4. The topological polar surface area (TPSA) is 91.7 Å². The number of nitrogens with one attached hydrogen (secondary N) is 1. The summed E-state index contributed by atoms with van der Waals surface area (Å²) in [5.74, 6) is 0.653. The molecule has 1 N–H and O–H groups in total. The van der Waals surface area contributed by atoms with Crippen LogP contribution in [0.4, 0.5) is 11.4 Å². The second kappa shape index (κ2) is 5.93. The number of nitrogens with zero attached hydrogens (tertiary/aromatic N) is 2. The van der Waals surface area contributed by atoms with Crippen LogP contribution in [0.2, 0.25) is 0 Å². The highest BCUT2D eigenvalue weighted by molar-refractivity contribution is 6.02. The molecule has 1 aromatic carbocycles. The normalized spacial score (nSPS) is 16.3. The molecule has 1 fully saturated rings. The van der Waals surface area contributed by atoms with E-state index in [4.69, 9.17) is 14.7 Å². The SMILES string of the molecule is N#CCC(=O)Nc1cc2c(cc1N1CCCCC1=O)OCO2. The van der Waals surface area contributed by atoms with E-state index in [1.54, 1.807) is 23.1 Å². The zero-order chi connectivity index (χ0) is 15.5. The Balaban J connectivity index is 1.97. The minimum atomic E-state index is -0.424. The molecule has 2 aliphatic heterocycles. The first-order chi connectivity index (χ1) is 10.7. The monoisotopic (exact) mass is 301 g/mol. The number of piperidine rings is 1. The smallest absolute Gasteiger partial charge is 0.238 e. The number of anilines is 2. The Morgan fingerprint density at radius 2 is 2.09 bits per heavy atom. The maximum absolute atomic E-state index is 12.1. The van der Waals surface area contributed by atoms with Gasteiger partial charge in [0.05, 0.1) is 17.4 Å². The number of hydrogen-bond donors (Lipinski definition) is 1. The van der Waals surface area contributed by atoms with Crippen LogP contribution >= 0.6 is 0 Å². The second-order valence-corrected chi connectivity index (χ2v) is 5.11. The molecule has 0 spiro atoms. The fraction of sp³-hybridized carbons (Fsp3) is 0.400. The summed E-state index contributed by atoms with van der Waals surface area (Å²) in [5, 5.41) is 11.3. The van der Waals surface area contributed by atoms with Gasteiger partial charge in [-0.3, -0.25) is 9.59 Å². The van der Waals surface area contributed by atoms with Crippen LogP contribution < -0.4 is 19.7 Å². The molecule has 0 aromatic heterocycles. The largest absolute Gasteiger partial charge is 0.454 e. The average molecular weight is 301 g/mol. The number of carbonyl (C=O) groups excluding carboxylic acids is 2. The first-order valence-electron chi connectivity index (χ1n) is 7.10. The number of nitriles is 1. The van der Waals surface area contributed by atoms with Crippen molar-refractivity contribution in [2.45, 2.75) is 25.7 Å². The summed E-state index contributed by atoms with van der Waals surface area (Å²) in [4.78, 5) is 25.5. The van der Waals surface area contributed by atoms with Crippen LogP contribution in [0.3, 0.4) is 0 Å². The molecule has 0 aliphatic carbocycles. The maximum atomic E-state index is 12.1. The Morgan fingerprint density at radius 1 is 1.32 bits per heavy atom. The fourth-order valence-corrected chi connectivity index (χ4v) is 2.58. The van der Waals surface area contributed by atoms with E-state index < -0.39 is 5.91 Å². The van der Waals surface area contributed by atoms with Gasteiger partial charge in [-0.1, -0.05) is 0 Å². The highest BCUT2D eigenvalue weighted by atomic mass is 16.7. The summed E-state index contributed by atoms with van der Waals surface area (Å²) in [7, 11) is 0. The minimum absolute atomic E-state index is 0.0147. The van der Waals surface area contributed by atoms with Crippen molar-refractivity contribution in [1.82, 2.24) is 0 Å². The Labute approximate surface area is 127 Å². The molecule has 2 heterocycles. The van der Waals surface area contributed by atoms with Crippen LogP contribution in [0.15, 0.2) is 12.1 Å². The Morgan fingerprint density at radius 3 is 2.82 bits per heavy atom. The third-order valence-electron chi connectivity index (χ3n) is 3.62. The summed E-state index contributed by atoms with van der Waals surface area (Å²) >= 11 is 0. The van der Waals surface area contributed by atoms with E-state index in [-0.39, 0.29) is 19.1 Å². The summed E-state index contributed by atoms with van der Waals surface area (Å²) < 4.78 is 10.7. The highest BCUT2D eigenvalue weighted by Crippen LogP contribution is 2.42. The Kier molecular flexibility index (Phi) is 3.83. The van der Waals surface area contributed by atoms with Gasteiger partial charge in [-0.15, -0.1) is 0 Å². The molecule has 7 heteroatoms. The molecule has 0 radical (unpaired) electrons. The molecule has 2 amide bonds. The number of ether oxygens (including phenoxy) is 2. The number of amides is 2. The number of rotatable bonds is 3. The predicted molar refractivity (Wildman–Crippen MR) is 77.6 cm³/mol. The fourth-order valence-electron chi connectivity index (χ4n) is 2.58. The summed E-state index contributed by atoms with van der Waals surface area (Å²) in [6, 6.07) is 5.13. The van der Waals surface area contributed by atoms with E-state index in [9.17, 15) is 9.59 Å². The van der Waals surface area contributed by atoms with Crippen molar-refractivity contribution >= 4 is 23.2 Å². The van der Waals surface area contributed by atoms with Gasteiger partial charge in [0.1, 0.15) is 6.42 Å². The van der Waals surface area contributed by atoms with Gasteiger partial charge in [0.25, 0.3) is 0 Å². The summed E-state index contributed by atoms with van der Waals surface area (Å²) in [6.45, 7) is 0.706. The van der Waals surface area contributed by atoms with E-state index in [1.807, 2.05) is 0 Å². The van der Waals surface area contributed by atoms with Crippen LogP contribution in [-0.2, 0) is 9.59 Å². The van der Waals surface area contributed by atoms with Crippen LogP contribution in [-0.4, -0.2) is 25.2 Å². The zero-order valence-electron chi connectivity index (χ0n) is 11.9. The molecule has 0 saturated carbocycles. The molecular weight excluding hydrogens is 286 g/mol. The lowest BCUT2D eigenvalue weighted by Gasteiger charge is -2.28. The Hall–Kier alpha value is -2.75. The summed E-state index contributed by atoms with van der Waals surface area (Å²) in [5.41, 5.74) is 1.04. The standard InChI is InChI=1S/C15H15N3O4/c16-5-4-14(19)17-10-7-12-13(22-9-21-12)8-11(10)18-6-2-1-3-15(18)20/h7-8H,1-4,6,9H2,(H,17,19). The van der Waals surface area contributed by atoms with E-state index in [0.29, 0.717) is 35.8 Å². The number of carbonyl (C=O) groups is 2. The predicted octanol–water partition coefficient (Wildman–Crippen LogP) is 1.78. The van der Waals surface area contributed by atoms with Crippen molar-refractivity contribution < 1.29 is 19.1 Å². The molecule has 0 bridgehead atoms. The lowest BCUT2D eigenvalue weighted by Crippen LogP contribution is -2.35. The molecule has 114 valence electrons. The molecule has 0 unspecified atom stereocenters. The lowest BCUT2D eigenvalue weighted by atomic mass is 10.1. The molecule has 0 atom stereocenters. The van der Waals surface area contributed by atoms with E-state index in [1.165, 1.54) is 0 Å². The van der Waals surface area contributed by atoms with Crippen molar-refractivity contribution in [3.05, 3.63) is 12.1 Å². The van der Waals surface area contributed by atoms with Crippen LogP contribution in [0.5, 0.6) is 11.5 Å². The third-order valence-corrected chi connectivity index (χ3v) is 3.62. The highest BCUT2D eigenvalue weighted by Gasteiger charge is 2.26. The van der Waals surface area contributed by atoms with Gasteiger partial charge in [0.15, 0.2) is 11.5 Å². The van der Waals surface area contributed by atoms with E-state index in [0.717, 1.165) is 12.8 Å². The second-order valence-electron chi connectivity index (χ2n) is 5.11. The van der Waals surface area contributed by atoms with Crippen molar-refractivity contribution in [3.63, 3.8) is 0 Å². The summed E-state index contributed by atoms with van der Waals surface area (Å²) in [6.07, 6.45) is 2.02. The molecule has 1 saturated heterocycles. The molecule has 2 aliphatic rings. The molecule has 22 heavy (non-hydrogen) atoms. The van der Waals surface area contributed by atoms with Gasteiger partial charge >= 0.3 is 0 Å². The first-order valence-corrected chi connectivity index (χ1v) is 7.10. The quantitative estimate of drug-likeness (QED) is 0.918. The first kappa shape index (κ1) is 14.2. The molecule has 3 rings (SSSR count). The third kappa shape index (κ3) is 2.68. The van der Waals surface area contributed by atoms with Gasteiger partial charge < -0.3 is 19.7 Å². The van der Waals surface area contributed by atoms with Crippen LogP contribution in [0.25, 0.3) is 0 Å². The van der Waals surface area contributed by atoms with Gasteiger partial charge in [-0.25, -0.2) is 0 Å². The number of fused-ring (bicyclic) bond motifs is 1. The van der Waals surface area contributed by atoms with Crippen molar-refractivity contribution in [1.29, 1.82) is 5.26 Å². The Bertz CT molecular complexity index is 665. The average Bonchev–Trinajstić information content (AvgIpc) is 2.94. The van der Waals surface area contributed by atoms with E-state index in [2.05, 4.69) is 5.32 Å². The number of benzene rings is 1. The van der Waals surface area contributed by atoms with Crippen LogP contribution in [0, 0.1) is 11.3 Å². The van der Waals surface area contributed by atoms with Crippen molar-refractivity contribution in [3.8, 4) is 17.6 Å². The van der Waals surface area contributed by atoms with Crippen molar-refractivity contribution in [2.75, 3.05) is 23.6 Å². The maximum Gasteiger partial charge on any atom is 0.238 e. The molecule has 7 nitrogen and oxygen atoms in total. The van der Waals surface area contributed by atoms with Crippen molar-refractivity contribution in [2.24, 2.45) is 0 Å². The van der Waals surface area contributed by atoms with Gasteiger partial charge in [-0.05, 0) is 12.8 Å². The zero-order valence-corrected chi connectivity index (χ0v) is 11.9. The number of hydrogen-bond acceptors (Lipinski definition) is 5. The van der Waals surface area contributed by atoms with E-state index >= 15 is 0 Å². The van der Waals surface area contributed by atoms with Gasteiger partial charge in [-0.2, -0.15) is 5.26 Å². The van der Waals surface area contributed by atoms with Crippen LogP contribution in [0.1, 0.15) is 25.7 Å². The molecule has 1 aromatic rings. The lowest BCUT2D eigenvalue weighted by molar-refractivity contribution is -0.119. The van der Waals surface area contributed by atoms with Gasteiger partial charge in [0, 0.05) is 25.1 Å². The minimum Gasteiger partial charge on any atom is -0.454 e.